The minimum atomic E-state index is -0.0552. The van der Waals surface area contributed by atoms with Crippen LogP contribution in [0.15, 0.2) is 60.8 Å². The molecule has 31 heavy (non-hydrogen) atoms. The average Bonchev–Trinajstić information content (AvgIpc) is 2.80. The summed E-state index contributed by atoms with van der Waals surface area (Å²) in [6.07, 6.45) is 4.84. The summed E-state index contributed by atoms with van der Waals surface area (Å²) in [4.78, 5) is 23.8. The number of aromatic nitrogens is 2. The van der Waals surface area contributed by atoms with Crippen molar-refractivity contribution in [2.24, 2.45) is 0 Å². The number of nitrogen functional groups attached to an aromatic ring is 1. The van der Waals surface area contributed by atoms with Gasteiger partial charge in [0.1, 0.15) is 5.75 Å². The Morgan fingerprint density at radius 3 is 2.68 bits per heavy atom. The van der Waals surface area contributed by atoms with Gasteiger partial charge in [-0.1, -0.05) is 36.8 Å². The Morgan fingerprint density at radius 2 is 1.94 bits per heavy atom. The highest BCUT2D eigenvalue weighted by molar-refractivity contribution is 5.92. The van der Waals surface area contributed by atoms with Gasteiger partial charge < -0.3 is 15.8 Å². The van der Waals surface area contributed by atoms with E-state index in [1.165, 1.54) is 0 Å². The largest absolute Gasteiger partial charge is 0.497 e. The molecular formula is C24H27N5O2. The number of anilines is 2. The zero-order chi connectivity index (χ0) is 21.6. The number of benzene rings is 2. The summed E-state index contributed by atoms with van der Waals surface area (Å²) in [5.74, 6) is 0.951. The van der Waals surface area contributed by atoms with E-state index in [1.54, 1.807) is 13.3 Å². The first-order valence-electron chi connectivity index (χ1n) is 10.5. The van der Waals surface area contributed by atoms with Crippen LogP contribution in [0.5, 0.6) is 5.75 Å². The molecule has 7 nitrogen and oxygen atoms in total. The Balaban J connectivity index is 1.55. The lowest BCUT2D eigenvalue weighted by Gasteiger charge is -2.35. The number of methoxy groups -OCH3 is 1. The van der Waals surface area contributed by atoms with Gasteiger partial charge in [0.25, 0.3) is 0 Å². The molecule has 1 aliphatic rings. The number of rotatable bonds is 6. The summed E-state index contributed by atoms with van der Waals surface area (Å²) >= 11 is 0. The third-order valence-electron chi connectivity index (χ3n) is 5.57. The van der Waals surface area contributed by atoms with Crippen molar-refractivity contribution in [2.75, 3.05) is 31.2 Å². The SMILES string of the molecule is COc1ccc(NC(=O)CN2CCCC[C@H]2c2nc(N)ncc2-c2ccccc2)cc1. The number of nitrogens with one attached hydrogen (secondary N) is 1. The minimum absolute atomic E-state index is 0.0101. The Hall–Kier alpha value is -3.45. The van der Waals surface area contributed by atoms with Crippen LogP contribution in [-0.4, -0.2) is 41.0 Å². The molecule has 1 saturated heterocycles. The first-order valence-corrected chi connectivity index (χ1v) is 10.5. The van der Waals surface area contributed by atoms with Gasteiger partial charge in [-0.15, -0.1) is 0 Å². The number of hydrogen-bond donors (Lipinski definition) is 2. The van der Waals surface area contributed by atoms with Crippen molar-refractivity contribution in [3.05, 3.63) is 66.5 Å². The zero-order valence-electron chi connectivity index (χ0n) is 17.6. The molecule has 0 unspecified atom stereocenters. The number of likely N-dealkylation sites (tertiary alicyclic amines) is 1. The molecule has 1 aromatic heterocycles. The van der Waals surface area contributed by atoms with Crippen molar-refractivity contribution in [1.29, 1.82) is 0 Å². The Bertz CT molecular complexity index is 1020. The van der Waals surface area contributed by atoms with Crippen LogP contribution < -0.4 is 15.8 Å². The fraction of sp³-hybridized carbons (Fsp3) is 0.292. The second-order valence-electron chi connectivity index (χ2n) is 7.65. The average molecular weight is 418 g/mol. The van der Waals surface area contributed by atoms with Gasteiger partial charge in [-0.2, -0.15) is 0 Å². The maximum atomic E-state index is 12.8. The van der Waals surface area contributed by atoms with E-state index < -0.39 is 0 Å². The maximum absolute atomic E-state index is 12.8. The second-order valence-corrected chi connectivity index (χ2v) is 7.65. The quantitative estimate of drug-likeness (QED) is 0.632. The van der Waals surface area contributed by atoms with E-state index in [4.69, 9.17) is 10.5 Å². The molecule has 1 amide bonds. The summed E-state index contributed by atoms with van der Waals surface area (Å²) in [6, 6.07) is 17.4. The Labute approximate surface area is 182 Å². The van der Waals surface area contributed by atoms with E-state index in [0.29, 0.717) is 0 Å². The number of nitrogens with two attached hydrogens (primary N) is 1. The lowest BCUT2D eigenvalue weighted by atomic mass is 9.94. The lowest BCUT2D eigenvalue weighted by molar-refractivity contribution is -0.118. The van der Waals surface area contributed by atoms with E-state index in [2.05, 4.69) is 20.2 Å². The third kappa shape index (κ3) is 5.00. The molecule has 1 fully saturated rings. The Kier molecular flexibility index (Phi) is 6.43. The lowest BCUT2D eigenvalue weighted by Crippen LogP contribution is -2.40. The molecule has 3 N–H and O–H groups in total. The van der Waals surface area contributed by atoms with E-state index in [1.807, 2.05) is 54.6 Å². The fourth-order valence-corrected chi connectivity index (χ4v) is 4.05. The van der Waals surface area contributed by atoms with Gasteiger partial charge >= 0.3 is 0 Å². The molecule has 3 aromatic rings. The topological polar surface area (TPSA) is 93.4 Å². The summed E-state index contributed by atoms with van der Waals surface area (Å²) < 4.78 is 5.17. The standard InChI is InChI=1S/C24H27N5O2/c1-31-19-12-10-18(11-13-19)27-22(30)16-29-14-6-5-9-21(29)23-20(15-26-24(25)28-23)17-7-3-2-4-8-17/h2-4,7-8,10-13,15,21H,5-6,9,14,16H2,1H3,(H,27,30)(H2,25,26,28)/t21-/m0/s1. The van der Waals surface area contributed by atoms with Crippen LogP contribution in [0, 0.1) is 0 Å². The van der Waals surface area contributed by atoms with Crippen LogP contribution in [0.4, 0.5) is 11.6 Å². The summed E-state index contributed by atoms with van der Waals surface area (Å²) in [5.41, 5.74) is 9.59. The van der Waals surface area contributed by atoms with Crippen molar-refractivity contribution < 1.29 is 9.53 Å². The van der Waals surface area contributed by atoms with Gasteiger partial charge in [0.15, 0.2) is 0 Å². The highest BCUT2D eigenvalue weighted by Gasteiger charge is 2.29. The number of carbonyl (C=O) groups is 1. The number of amides is 1. The van der Waals surface area contributed by atoms with Crippen molar-refractivity contribution in [3.8, 4) is 16.9 Å². The van der Waals surface area contributed by atoms with E-state index in [0.717, 1.165) is 54.1 Å². The molecule has 4 rings (SSSR count). The van der Waals surface area contributed by atoms with Gasteiger partial charge in [0.05, 0.1) is 25.4 Å². The summed E-state index contributed by atoms with van der Waals surface area (Å²) in [5, 5.41) is 2.98. The zero-order valence-corrected chi connectivity index (χ0v) is 17.6. The first-order chi connectivity index (χ1) is 15.1. The van der Waals surface area contributed by atoms with Crippen LogP contribution in [0.2, 0.25) is 0 Å². The van der Waals surface area contributed by atoms with Crippen molar-refractivity contribution in [1.82, 2.24) is 14.9 Å². The normalized spacial score (nSPS) is 16.6. The first kappa shape index (κ1) is 20.8. The molecule has 7 heteroatoms. The molecule has 0 aliphatic carbocycles. The molecule has 160 valence electrons. The predicted octanol–water partition coefficient (Wildman–Crippen LogP) is 3.90. The molecule has 1 aliphatic heterocycles. The van der Waals surface area contributed by atoms with Gasteiger partial charge in [0.2, 0.25) is 11.9 Å². The Morgan fingerprint density at radius 1 is 1.16 bits per heavy atom. The molecule has 0 saturated carbocycles. The van der Waals surface area contributed by atoms with E-state index in [9.17, 15) is 4.79 Å². The molecule has 0 radical (unpaired) electrons. The van der Waals surface area contributed by atoms with Crippen LogP contribution in [0.25, 0.3) is 11.1 Å². The monoisotopic (exact) mass is 417 g/mol. The van der Waals surface area contributed by atoms with Crippen LogP contribution in [0.3, 0.4) is 0 Å². The molecule has 2 heterocycles. The van der Waals surface area contributed by atoms with Crippen molar-refractivity contribution >= 4 is 17.5 Å². The van der Waals surface area contributed by atoms with E-state index >= 15 is 0 Å². The summed E-state index contributed by atoms with van der Waals surface area (Å²) in [6.45, 7) is 1.12. The number of hydrogen-bond acceptors (Lipinski definition) is 6. The molecule has 2 aromatic carbocycles. The highest BCUT2D eigenvalue weighted by Crippen LogP contribution is 2.35. The van der Waals surface area contributed by atoms with Crippen molar-refractivity contribution in [2.45, 2.75) is 25.3 Å². The van der Waals surface area contributed by atoms with Gasteiger partial charge in [-0.25, -0.2) is 9.97 Å². The summed E-state index contributed by atoms with van der Waals surface area (Å²) in [7, 11) is 1.62. The van der Waals surface area contributed by atoms with E-state index in [-0.39, 0.29) is 24.4 Å². The second kappa shape index (κ2) is 9.57. The van der Waals surface area contributed by atoms with Gasteiger partial charge in [-0.3, -0.25) is 9.69 Å². The van der Waals surface area contributed by atoms with Crippen LogP contribution in [0.1, 0.15) is 31.0 Å². The minimum Gasteiger partial charge on any atom is -0.497 e. The fourth-order valence-electron chi connectivity index (χ4n) is 4.05. The van der Waals surface area contributed by atoms with Crippen LogP contribution in [-0.2, 0) is 4.79 Å². The van der Waals surface area contributed by atoms with Crippen LogP contribution >= 0.6 is 0 Å². The highest BCUT2D eigenvalue weighted by atomic mass is 16.5. The van der Waals surface area contributed by atoms with Crippen molar-refractivity contribution in [3.63, 3.8) is 0 Å². The molecule has 0 bridgehead atoms. The molecule has 1 atom stereocenters. The number of piperidine rings is 1. The molecule has 0 spiro atoms. The maximum Gasteiger partial charge on any atom is 0.238 e. The number of nitrogens with zero attached hydrogens (tertiary/aromatic N) is 3. The predicted molar refractivity (Wildman–Crippen MR) is 122 cm³/mol. The molecular weight excluding hydrogens is 390 g/mol. The van der Waals surface area contributed by atoms with Gasteiger partial charge in [0, 0.05) is 17.4 Å². The smallest absolute Gasteiger partial charge is 0.238 e. The number of ether oxygens (including phenoxy) is 1. The number of carbonyl (C=O) groups excluding carboxylic acids is 1. The van der Waals surface area contributed by atoms with Gasteiger partial charge in [-0.05, 0) is 49.2 Å². The third-order valence-corrected chi connectivity index (χ3v) is 5.57.